The second-order valence-electron chi connectivity index (χ2n) is 4.45. The molecule has 6 nitrogen and oxygen atoms in total. The number of esters is 1. The first-order chi connectivity index (χ1) is 10.7. The molecule has 1 heterocycles. The zero-order valence-corrected chi connectivity index (χ0v) is 12.1. The minimum Gasteiger partial charge on any atom is -0.493 e. The average Bonchev–Trinajstić information content (AvgIpc) is 3.02. The highest BCUT2D eigenvalue weighted by Gasteiger charge is 2.20. The van der Waals surface area contributed by atoms with Gasteiger partial charge in [-0.2, -0.15) is 0 Å². The van der Waals surface area contributed by atoms with Crippen molar-refractivity contribution in [1.29, 1.82) is 0 Å². The molecule has 1 aliphatic rings. The van der Waals surface area contributed by atoms with E-state index in [2.05, 4.69) is 0 Å². The number of rotatable bonds is 4. The van der Waals surface area contributed by atoms with Crippen molar-refractivity contribution in [2.24, 2.45) is 0 Å². The first kappa shape index (κ1) is 14.1. The summed E-state index contributed by atoms with van der Waals surface area (Å²) in [5.74, 6) is 1.63. The molecule has 0 aromatic heterocycles. The molecule has 0 unspecified atom stereocenters. The summed E-state index contributed by atoms with van der Waals surface area (Å²) in [5.41, 5.74) is 0.345. The Kier molecular flexibility index (Phi) is 3.74. The molecule has 0 saturated carbocycles. The maximum atomic E-state index is 12.3. The Bertz CT molecular complexity index is 688. The lowest BCUT2D eigenvalue weighted by Crippen LogP contribution is -2.10. The van der Waals surface area contributed by atoms with Gasteiger partial charge in [-0.3, -0.25) is 0 Å². The Balaban J connectivity index is 1.88. The van der Waals surface area contributed by atoms with Crippen molar-refractivity contribution < 1.29 is 28.5 Å². The van der Waals surface area contributed by atoms with Crippen LogP contribution in [0.4, 0.5) is 0 Å². The third kappa shape index (κ3) is 2.50. The maximum Gasteiger partial charge on any atom is 0.343 e. The van der Waals surface area contributed by atoms with Crippen LogP contribution in [-0.4, -0.2) is 27.0 Å². The predicted octanol–water partition coefficient (Wildman–Crippen LogP) is 2.65. The Morgan fingerprint density at radius 3 is 2.36 bits per heavy atom. The number of carbonyl (C=O) groups is 1. The van der Waals surface area contributed by atoms with Crippen LogP contribution >= 0.6 is 0 Å². The molecular formula is C16H14O6. The Morgan fingerprint density at radius 2 is 1.68 bits per heavy atom. The van der Waals surface area contributed by atoms with Crippen molar-refractivity contribution in [1.82, 2.24) is 0 Å². The second-order valence-corrected chi connectivity index (χ2v) is 4.45. The van der Waals surface area contributed by atoms with Gasteiger partial charge in [0.2, 0.25) is 12.5 Å². The fraction of sp³-hybridized carbons (Fsp3) is 0.188. The van der Waals surface area contributed by atoms with E-state index in [4.69, 9.17) is 23.7 Å². The maximum absolute atomic E-state index is 12.3. The summed E-state index contributed by atoms with van der Waals surface area (Å²) in [7, 11) is 2.99. The van der Waals surface area contributed by atoms with Crippen molar-refractivity contribution in [3.63, 3.8) is 0 Å². The summed E-state index contributed by atoms with van der Waals surface area (Å²) < 4.78 is 26.3. The Hall–Kier alpha value is -2.89. The van der Waals surface area contributed by atoms with Gasteiger partial charge in [0.15, 0.2) is 23.0 Å². The first-order valence-corrected chi connectivity index (χ1v) is 6.55. The molecule has 0 amide bonds. The van der Waals surface area contributed by atoms with E-state index in [9.17, 15) is 4.79 Å². The van der Waals surface area contributed by atoms with E-state index in [1.165, 1.54) is 14.2 Å². The smallest absolute Gasteiger partial charge is 0.343 e. The highest BCUT2D eigenvalue weighted by Crippen LogP contribution is 2.38. The number of methoxy groups -OCH3 is 2. The fourth-order valence-corrected chi connectivity index (χ4v) is 2.09. The molecule has 114 valence electrons. The normalized spacial score (nSPS) is 11.9. The lowest BCUT2D eigenvalue weighted by molar-refractivity contribution is 0.0724. The summed E-state index contributed by atoms with van der Waals surface area (Å²) in [6.07, 6.45) is 0. The van der Waals surface area contributed by atoms with Gasteiger partial charge in [-0.1, -0.05) is 6.07 Å². The van der Waals surface area contributed by atoms with Gasteiger partial charge in [0, 0.05) is 0 Å². The van der Waals surface area contributed by atoms with E-state index >= 15 is 0 Å². The van der Waals surface area contributed by atoms with Crippen LogP contribution in [0.25, 0.3) is 0 Å². The van der Waals surface area contributed by atoms with Crippen LogP contribution < -0.4 is 23.7 Å². The van der Waals surface area contributed by atoms with Crippen LogP contribution in [0.5, 0.6) is 28.7 Å². The van der Waals surface area contributed by atoms with Crippen LogP contribution in [0.3, 0.4) is 0 Å². The number of benzene rings is 2. The molecule has 2 aromatic carbocycles. The van der Waals surface area contributed by atoms with Crippen LogP contribution in [0.1, 0.15) is 10.4 Å². The van der Waals surface area contributed by atoms with Gasteiger partial charge < -0.3 is 23.7 Å². The number of para-hydroxylation sites is 1. The third-order valence-electron chi connectivity index (χ3n) is 3.19. The van der Waals surface area contributed by atoms with E-state index in [1.807, 2.05) is 0 Å². The summed E-state index contributed by atoms with van der Waals surface area (Å²) >= 11 is 0. The quantitative estimate of drug-likeness (QED) is 0.639. The lowest BCUT2D eigenvalue weighted by atomic mass is 10.2. The lowest BCUT2D eigenvalue weighted by Gasteiger charge is -2.12. The number of hydrogen-bond acceptors (Lipinski definition) is 6. The molecule has 0 radical (unpaired) electrons. The van der Waals surface area contributed by atoms with Gasteiger partial charge in [-0.25, -0.2) is 4.79 Å². The highest BCUT2D eigenvalue weighted by molar-refractivity contribution is 5.92. The van der Waals surface area contributed by atoms with Crippen molar-refractivity contribution in [3.05, 3.63) is 42.0 Å². The molecule has 0 spiro atoms. The molecule has 0 saturated heterocycles. The predicted molar refractivity (Wildman–Crippen MR) is 77.1 cm³/mol. The molecule has 22 heavy (non-hydrogen) atoms. The van der Waals surface area contributed by atoms with Gasteiger partial charge in [0.05, 0.1) is 19.8 Å². The molecule has 0 aliphatic carbocycles. The minimum atomic E-state index is -0.541. The average molecular weight is 302 g/mol. The van der Waals surface area contributed by atoms with E-state index in [0.717, 1.165) is 0 Å². The van der Waals surface area contributed by atoms with E-state index in [-0.39, 0.29) is 12.5 Å². The third-order valence-corrected chi connectivity index (χ3v) is 3.19. The van der Waals surface area contributed by atoms with Crippen molar-refractivity contribution in [3.8, 4) is 28.7 Å². The van der Waals surface area contributed by atoms with Gasteiger partial charge in [0.1, 0.15) is 0 Å². The van der Waals surface area contributed by atoms with Gasteiger partial charge in [-0.05, 0) is 30.3 Å². The van der Waals surface area contributed by atoms with Crippen molar-refractivity contribution in [2.75, 3.05) is 21.0 Å². The molecule has 0 bridgehead atoms. The molecule has 0 atom stereocenters. The molecule has 1 aliphatic heterocycles. The number of ether oxygens (including phenoxy) is 5. The van der Waals surface area contributed by atoms with E-state index in [1.54, 1.807) is 36.4 Å². The molecular weight excluding hydrogens is 288 g/mol. The van der Waals surface area contributed by atoms with Crippen molar-refractivity contribution >= 4 is 5.97 Å². The van der Waals surface area contributed by atoms with Gasteiger partial charge in [0.25, 0.3) is 0 Å². The molecule has 2 aromatic rings. The second kappa shape index (κ2) is 5.85. The molecule has 6 heteroatoms. The number of carbonyl (C=O) groups excluding carboxylic acids is 1. The zero-order valence-electron chi connectivity index (χ0n) is 12.1. The van der Waals surface area contributed by atoms with E-state index < -0.39 is 5.97 Å². The van der Waals surface area contributed by atoms with Crippen LogP contribution in [0.15, 0.2) is 36.4 Å². The van der Waals surface area contributed by atoms with Crippen LogP contribution in [0, 0.1) is 0 Å². The SMILES string of the molecule is COc1cccc(OC)c1OC(=O)c1ccc2c(c1)OCO2. The fourth-order valence-electron chi connectivity index (χ4n) is 2.09. The summed E-state index contributed by atoms with van der Waals surface area (Å²) in [5, 5.41) is 0. The first-order valence-electron chi connectivity index (χ1n) is 6.55. The van der Waals surface area contributed by atoms with Crippen molar-refractivity contribution in [2.45, 2.75) is 0 Å². The summed E-state index contributed by atoms with van der Waals surface area (Å²) in [4.78, 5) is 12.3. The zero-order chi connectivity index (χ0) is 15.5. The molecule has 0 fully saturated rings. The minimum absolute atomic E-state index is 0.147. The molecule has 3 rings (SSSR count). The van der Waals surface area contributed by atoms with Gasteiger partial charge >= 0.3 is 5.97 Å². The summed E-state index contributed by atoms with van der Waals surface area (Å²) in [6.45, 7) is 0.147. The summed E-state index contributed by atoms with van der Waals surface area (Å²) in [6, 6.07) is 9.97. The topological polar surface area (TPSA) is 63.2 Å². The van der Waals surface area contributed by atoms with Crippen LogP contribution in [-0.2, 0) is 0 Å². The highest BCUT2D eigenvalue weighted by atomic mass is 16.7. The largest absolute Gasteiger partial charge is 0.493 e. The number of fused-ring (bicyclic) bond motifs is 1. The Labute approximate surface area is 127 Å². The van der Waals surface area contributed by atoms with E-state index in [0.29, 0.717) is 28.6 Å². The molecule has 0 N–H and O–H groups in total. The van der Waals surface area contributed by atoms with Crippen LogP contribution in [0.2, 0.25) is 0 Å². The Morgan fingerprint density at radius 1 is 1.00 bits per heavy atom. The number of hydrogen-bond donors (Lipinski definition) is 0. The standard InChI is InChI=1S/C16H14O6/c1-18-12-4-3-5-13(19-2)15(12)22-16(17)10-6-7-11-14(8-10)21-9-20-11/h3-8H,9H2,1-2H3. The monoisotopic (exact) mass is 302 g/mol. The van der Waals surface area contributed by atoms with Gasteiger partial charge in [-0.15, -0.1) is 0 Å².